The Morgan fingerprint density at radius 1 is 1.77 bits per heavy atom. The average molecular weight is 179 g/mol. The summed E-state index contributed by atoms with van der Waals surface area (Å²) in [6.45, 7) is 8.64. The number of H-pyrrole nitrogens is 1. The lowest BCUT2D eigenvalue weighted by atomic mass is 10.2. The van der Waals surface area contributed by atoms with Crippen LogP contribution in [-0.4, -0.2) is 16.0 Å². The van der Waals surface area contributed by atoms with Crippen LogP contribution in [0, 0.1) is 6.92 Å². The molecule has 0 aliphatic carbocycles. The summed E-state index contributed by atoms with van der Waals surface area (Å²) in [6, 6.07) is 0.473. The maximum Gasteiger partial charge on any atom is 0.103 e. The number of aromatic amines is 1. The van der Waals surface area contributed by atoms with Gasteiger partial charge in [-0.2, -0.15) is 0 Å². The molecule has 0 saturated heterocycles. The van der Waals surface area contributed by atoms with Crippen molar-refractivity contribution in [2.24, 2.45) is 0 Å². The van der Waals surface area contributed by atoms with Crippen molar-refractivity contribution in [3.63, 3.8) is 0 Å². The molecule has 0 amide bonds. The summed E-state index contributed by atoms with van der Waals surface area (Å²) in [5.41, 5.74) is 1.13. The van der Waals surface area contributed by atoms with Crippen molar-refractivity contribution >= 4 is 0 Å². The van der Waals surface area contributed by atoms with Gasteiger partial charge in [0, 0.05) is 24.5 Å². The zero-order valence-corrected chi connectivity index (χ0v) is 8.30. The molecule has 1 rings (SSSR count). The molecule has 0 spiro atoms. The van der Waals surface area contributed by atoms with E-state index in [1.54, 1.807) is 0 Å². The van der Waals surface area contributed by atoms with Gasteiger partial charge in [0.1, 0.15) is 5.82 Å². The number of nitrogens with zero attached hydrogens (tertiary/aromatic N) is 1. The number of hydrogen-bond acceptors (Lipinski definition) is 2. The van der Waals surface area contributed by atoms with E-state index in [4.69, 9.17) is 0 Å². The first-order valence-corrected chi connectivity index (χ1v) is 4.57. The molecule has 0 aliphatic rings. The van der Waals surface area contributed by atoms with Crippen molar-refractivity contribution in [3.8, 4) is 0 Å². The van der Waals surface area contributed by atoms with Crippen molar-refractivity contribution in [2.75, 3.05) is 0 Å². The van der Waals surface area contributed by atoms with E-state index in [0.717, 1.165) is 24.5 Å². The third-order valence-corrected chi connectivity index (χ3v) is 1.92. The van der Waals surface area contributed by atoms with Gasteiger partial charge in [0.25, 0.3) is 0 Å². The normalized spacial score (nSPS) is 12.8. The van der Waals surface area contributed by atoms with Gasteiger partial charge in [0.15, 0.2) is 0 Å². The Bertz CT molecular complexity index is 265. The standard InChI is InChI=1S/C10H17N3/c1-4-5-8(2)11-6-10-7-12-9(3)13-10/h4,7-8,11H,1,5-6H2,2-3H3,(H,12,13). The van der Waals surface area contributed by atoms with Crippen LogP contribution in [0.3, 0.4) is 0 Å². The Hall–Kier alpha value is -1.09. The molecular formula is C10H17N3. The summed E-state index contributed by atoms with van der Waals surface area (Å²) in [4.78, 5) is 7.30. The molecule has 0 bridgehead atoms. The predicted molar refractivity (Wildman–Crippen MR) is 54.4 cm³/mol. The van der Waals surface area contributed by atoms with Crippen LogP contribution in [0.4, 0.5) is 0 Å². The fraction of sp³-hybridized carbons (Fsp3) is 0.500. The van der Waals surface area contributed by atoms with E-state index >= 15 is 0 Å². The van der Waals surface area contributed by atoms with Gasteiger partial charge in [-0.25, -0.2) is 4.98 Å². The van der Waals surface area contributed by atoms with Gasteiger partial charge < -0.3 is 10.3 Å². The van der Waals surface area contributed by atoms with Crippen molar-refractivity contribution in [1.29, 1.82) is 0 Å². The van der Waals surface area contributed by atoms with Crippen molar-refractivity contribution in [3.05, 3.63) is 30.4 Å². The zero-order chi connectivity index (χ0) is 9.68. The molecule has 1 aromatic rings. The Kier molecular flexibility index (Phi) is 3.71. The summed E-state index contributed by atoms with van der Waals surface area (Å²) in [6.07, 6.45) is 4.78. The van der Waals surface area contributed by atoms with E-state index in [1.807, 2.05) is 19.2 Å². The molecule has 1 aromatic heterocycles. The maximum absolute atomic E-state index is 4.12. The van der Waals surface area contributed by atoms with E-state index in [2.05, 4.69) is 28.8 Å². The van der Waals surface area contributed by atoms with E-state index in [1.165, 1.54) is 0 Å². The van der Waals surface area contributed by atoms with Crippen LogP contribution in [0.25, 0.3) is 0 Å². The lowest BCUT2D eigenvalue weighted by Crippen LogP contribution is -2.24. The van der Waals surface area contributed by atoms with Gasteiger partial charge in [-0.05, 0) is 20.3 Å². The van der Waals surface area contributed by atoms with Crippen LogP contribution in [0.5, 0.6) is 0 Å². The first-order valence-electron chi connectivity index (χ1n) is 4.57. The summed E-state index contributed by atoms with van der Waals surface area (Å²) < 4.78 is 0. The van der Waals surface area contributed by atoms with Crippen LogP contribution in [0.2, 0.25) is 0 Å². The molecule has 0 fully saturated rings. The van der Waals surface area contributed by atoms with Gasteiger partial charge in [-0.15, -0.1) is 6.58 Å². The largest absolute Gasteiger partial charge is 0.345 e. The summed E-state index contributed by atoms with van der Waals surface area (Å²) in [5.74, 6) is 0.966. The highest BCUT2D eigenvalue weighted by Crippen LogP contribution is 1.97. The molecule has 0 aromatic carbocycles. The minimum atomic E-state index is 0.473. The number of hydrogen-bond donors (Lipinski definition) is 2. The lowest BCUT2D eigenvalue weighted by molar-refractivity contribution is 0.549. The Balaban J connectivity index is 2.30. The SMILES string of the molecule is C=CCC(C)NCc1cnc(C)[nH]1. The second-order valence-electron chi connectivity index (χ2n) is 3.30. The molecule has 2 N–H and O–H groups in total. The number of nitrogens with one attached hydrogen (secondary N) is 2. The summed E-state index contributed by atoms with van der Waals surface area (Å²) in [5, 5.41) is 3.37. The first-order chi connectivity index (χ1) is 6.22. The van der Waals surface area contributed by atoms with Gasteiger partial charge in [-0.3, -0.25) is 0 Å². The third kappa shape index (κ3) is 3.42. The maximum atomic E-state index is 4.12. The molecule has 72 valence electrons. The molecule has 0 aliphatic heterocycles. The van der Waals surface area contributed by atoms with Crippen molar-refractivity contribution in [1.82, 2.24) is 15.3 Å². The molecule has 0 radical (unpaired) electrons. The summed E-state index contributed by atoms with van der Waals surface area (Å²) >= 11 is 0. The Morgan fingerprint density at radius 3 is 3.08 bits per heavy atom. The molecule has 1 unspecified atom stereocenters. The Morgan fingerprint density at radius 2 is 2.54 bits per heavy atom. The van der Waals surface area contributed by atoms with Crippen molar-refractivity contribution in [2.45, 2.75) is 32.9 Å². The topological polar surface area (TPSA) is 40.7 Å². The first kappa shape index (κ1) is 9.99. The third-order valence-electron chi connectivity index (χ3n) is 1.92. The number of rotatable bonds is 5. The van der Waals surface area contributed by atoms with Gasteiger partial charge >= 0.3 is 0 Å². The van der Waals surface area contributed by atoms with E-state index in [-0.39, 0.29) is 0 Å². The number of aryl methyl sites for hydroxylation is 1. The lowest BCUT2D eigenvalue weighted by Gasteiger charge is -2.09. The minimum absolute atomic E-state index is 0.473. The van der Waals surface area contributed by atoms with Crippen LogP contribution in [-0.2, 0) is 6.54 Å². The Labute approximate surface area is 79.3 Å². The van der Waals surface area contributed by atoms with E-state index in [9.17, 15) is 0 Å². The molecular weight excluding hydrogens is 162 g/mol. The second kappa shape index (κ2) is 4.82. The molecule has 1 heterocycles. The highest BCUT2D eigenvalue weighted by molar-refractivity contribution is 4.99. The monoisotopic (exact) mass is 179 g/mol. The smallest absolute Gasteiger partial charge is 0.103 e. The average Bonchev–Trinajstić information content (AvgIpc) is 2.49. The molecule has 13 heavy (non-hydrogen) atoms. The van der Waals surface area contributed by atoms with E-state index < -0.39 is 0 Å². The van der Waals surface area contributed by atoms with Crippen LogP contribution < -0.4 is 5.32 Å². The highest BCUT2D eigenvalue weighted by Gasteiger charge is 2.00. The van der Waals surface area contributed by atoms with Crippen molar-refractivity contribution < 1.29 is 0 Å². The summed E-state index contributed by atoms with van der Waals surface area (Å²) in [7, 11) is 0. The fourth-order valence-corrected chi connectivity index (χ4v) is 1.18. The zero-order valence-electron chi connectivity index (χ0n) is 8.30. The van der Waals surface area contributed by atoms with Crippen LogP contribution in [0.1, 0.15) is 24.9 Å². The van der Waals surface area contributed by atoms with Crippen LogP contribution in [0.15, 0.2) is 18.9 Å². The number of imidazole rings is 1. The fourth-order valence-electron chi connectivity index (χ4n) is 1.18. The molecule has 3 heteroatoms. The van der Waals surface area contributed by atoms with Gasteiger partial charge in [0.2, 0.25) is 0 Å². The second-order valence-corrected chi connectivity index (χ2v) is 3.30. The quantitative estimate of drug-likeness (QED) is 0.676. The minimum Gasteiger partial charge on any atom is -0.345 e. The predicted octanol–water partition coefficient (Wildman–Crippen LogP) is 1.77. The van der Waals surface area contributed by atoms with Gasteiger partial charge in [-0.1, -0.05) is 6.08 Å². The molecule has 3 nitrogen and oxygen atoms in total. The van der Waals surface area contributed by atoms with Gasteiger partial charge in [0.05, 0.1) is 0 Å². The molecule has 0 saturated carbocycles. The number of aromatic nitrogens is 2. The van der Waals surface area contributed by atoms with E-state index in [0.29, 0.717) is 6.04 Å². The van der Waals surface area contributed by atoms with Crippen LogP contribution >= 0.6 is 0 Å². The molecule has 1 atom stereocenters. The highest BCUT2D eigenvalue weighted by atomic mass is 15.0.